The number of carbonyl (C=O) groups is 2. The molecule has 3 rings (SSSR count). The van der Waals surface area contributed by atoms with E-state index in [9.17, 15) is 9.59 Å². The standard InChI is InChI=1S/C17H18BrN3O2S/c1-21(10-14-8-9-15(18)24-14)17(23)20-13-6-4-12(5-7-13)19-16(22)11-2-3-11/h4-9,11H,2-3,10H2,1H3,(H,19,22)(H,20,23). The fourth-order valence-electron chi connectivity index (χ4n) is 2.19. The number of benzene rings is 1. The summed E-state index contributed by atoms with van der Waals surface area (Å²) in [6.07, 6.45) is 1.96. The molecule has 1 aromatic carbocycles. The third-order valence-corrected chi connectivity index (χ3v) is 5.33. The molecule has 1 fully saturated rings. The molecule has 126 valence electrons. The summed E-state index contributed by atoms with van der Waals surface area (Å²) in [5, 5.41) is 5.73. The van der Waals surface area contributed by atoms with Crippen LogP contribution in [0.5, 0.6) is 0 Å². The molecule has 3 amide bonds. The van der Waals surface area contributed by atoms with E-state index in [1.54, 1.807) is 47.5 Å². The number of hydrogen-bond donors (Lipinski definition) is 2. The van der Waals surface area contributed by atoms with Gasteiger partial charge in [-0.15, -0.1) is 11.3 Å². The molecule has 1 aliphatic rings. The predicted molar refractivity (Wildman–Crippen MR) is 100 cm³/mol. The number of rotatable bonds is 5. The number of carbonyl (C=O) groups excluding carboxylic acids is 2. The minimum atomic E-state index is -0.172. The maximum absolute atomic E-state index is 12.2. The van der Waals surface area contributed by atoms with Gasteiger partial charge >= 0.3 is 6.03 Å². The number of anilines is 2. The van der Waals surface area contributed by atoms with Gasteiger partial charge in [0, 0.05) is 29.2 Å². The Hall–Kier alpha value is -1.86. The minimum Gasteiger partial charge on any atom is -0.326 e. The van der Waals surface area contributed by atoms with Gasteiger partial charge in [-0.3, -0.25) is 4.79 Å². The Balaban J connectivity index is 1.52. The molecular formula is C17H18BrN3O2S. The lowest BCUT2D eigenvalue weighted by Gasteiger charge is -2.17. The molecule has 0 aliphatic heterocycles. The van der Waals surface area contributed by atoms with E-state index in [0.717, 1.165) is 27.2 Å². The van der Waals surface area contributed by atoms with E-state index in [0.29, 0.717) is 12.2 Å². The van der Waals surface area contributed by atoms with Crippen molar-refractivity contribution in [1.82, 2.24) is 4.90 Å². The zero-order valence-electron chi connectivity index (χ0n) is 13.2. The molecule has 1 heterocycles. The Bertz CT molecular complexity index is 741. The number of thiophene rings is 1. The zero-order chi connectivity index (χ0) is 17.1. The zero-order valence-corrected chi connectivity index (χ0v) is 15.6. The van der Waals surface area contributed by atoms with Crippen LogP contribution in [0.1, 0.15) is 17.7 Å². The molecule has 24 heavy (non-hydrogen) atoms. The van der Waals surface area contributed by atoms with Crippen molar-refractivity contribution in [2.45, 2.75) is 19.4 Å². The molecule has 0 radical (unpaired) electrons. The number of hydrogen-bond acceptors (Lipinski definition) is 3. The summed E-state index contributed by atoms with van der Waals surface area (Å²) >= 11 is 5.03. The van der Waals surface area contributed by atoms with Crippen LogP contribution in [0.3, 0.4) is 0 Å². The summed E-state index contributed by atoms with van der Waals surface area (Å²) in [6, 6.07) is 11.0. The normalized spacial score (nSPS) is 13.4. The lowest BCUT2D eigenvalue weighted by molar-refractivity contribution is -0.117. The summed E-state index contributed by atoms with van der Waals surface area (Å²) in [5.41, 5.74) is 1.45. The highest BCUT2D eigenvalue weighted by Gasteiger charge is 2.29. The molecule has 5 nitrogen and oxygen atoms in total. The Morgan fingerprint density at radius 3 is 2.29 bits per heavy atom. The monoisotopic (exact) mass is 407 g/mol. The Morgan fingerprint density at radius 2 is 1.75 bits per heavy atom. The van der Waals surface area contributed by atoms with Crippen molar-refractivity contribution in [2.75, 3.05) is 17.7 Å². The van der Waals surface area contributed by atoms with Crippen molar-refractivity contribution >= 4 is 50.6 Å². The van der Waals surface area contributed by atoms with Gasteiger partial charge in [0.1, 0.15) is 0 Å². The second-order valence-electron chi connectivity index (χ2n) is 5.83. The van der Waals surface area contributed by atoms with E-state index in [4.69, 9.17) is 0 Å². The maximum atomic E-state index is 12.2. The second-order valence-corrected chi connectivity index (χ2v) is 8.38. The fourth-order valence-corrected chi connectivity index (χ4v) is 3.72. The summed E-state index contributed by atoms with van der Waals surface area (Å²) in [5.74, 6) is 0.254. The first-order valence-electron chi connectivity index (χ1n) is 7.68. The van der Waals surface area contributed by atoms with Crippen LogP contribution >= 0.6 is 27.3 Å². The molecule has 1 saturated carbocycles. The topological polar surface area (TPSA) is 61.4 Å². The third kappa shape index (κ3) is 4.58. The molecule has 1 aliphatic carbocycles. The van der Waals surface area contributed by atoms with Crippen LogP contribution in [0.2, 0.25) is 0 Å². The highest BCUT2D eigenvalue weighted by Crippen LogP contribution is 2.30. The van der Waals surface area contributed by atoms with Gasteiger partial charge in [-0.05, 0) is 65.2 Å². The Morgan fingerprint density at radius 1 is 1.12 bits per heavy atom. The van der Waals surface area contributed by atoms with Gasteiger partial charge in [-0.1, -0.05) is 0 Å². The fraction of sp³-hybridized carbons (Fsp3) is 0.294. The lowest BCUT2D eigenvalue weighted by atomic mass is 10.2. The first kappa shape index (κ1) is 17.0. The molecule has 0 spiro atoms. The highest BCUT2D eigenvalue weighted by atomic mass is 79.9. The smallest absolute Gasteiger partial charge is 0.321 e. The third-order valence-electron chi connectivity index (χ3n) is 3.72. The van der Waals surface area contributed by atoms with E-state index >= 15 is 0 Å². The average Bonchev–Trinajstić information content (AvgIpc) is 3.33. The maximum Gasteiger partial charge on any atom is 0.321 e. The number of amides is 3. The summed E-state index contributed by atoms with van der Waals surface area (Å²) in [7, 11) is 1.76. The Kier molecular flexibility index (Phi) is 5.20. The predicted octanol–water partition coefficient (Wildman–Crippen LogP) is 4.52. The van der Waals surface area contributed by atoms with E-state index in [1.807, 2.05) is 12.1 Å². The van der Waals surface area contributed by atoms with Gasteiger partial charge < -0.3 is 15.5 Å². The molecule has 0 bridgehead atoms. The van der Waals surface area contributed by atoms with E-state index < -0.39 is 0 Å². The van der Waals surface area contributed by atoms with Crippen LogP contribution < -0.4 is 10.6 Å². The number of nitrogens with zero attached hydrogens (tertiary/aromatic N) is 1. The second kappa shape index (κ2) is 7.36. The van der Waals surface area contributed by atoms with E-state index in [1.165, 1.54) is 0 Å². The molecular weight excluding hydrogens is 390 g/mol. The average molecular weight is 408 g/mol. The lowest BCUT2D eigenvalue weighted by Crippen LogP contribution is -2.30. The van der Waals surface area contributed by atoms with Crippen LogP contribution in [-0.2, 0) is 11.3 Å². The van der Waals surface area contributed by atoms with Gasteiger partial charge in [0.05, 0.1) is 10.3 Å². The SMILES string of the molecule is CN(Cc1ccc(Br)s1)C(=O)Nc1ccc(NC(=O)C2CC2)cc1. The van der Waals surface area contributed by atoms with Crippen LogP contribution in [0, 0.1) is 5.92 Å². The van der Waals surface area contributed by atoms with Crippen LogP contribution in [0.4, 0.5) is 16.2 Å². The molecule has 0 saturated heterocycles. The van der Waals surface area contributed by atoms with Crippen LogP contribution in [0.15, 0.2) is 40.2 Å². The molecule has 1 aromatic heterocycles. The number of halogens is 1. The molecule has 0 unspecified atom stereocenters. The van der Waals surface area contributed by atoms with Gasteiger partial charge in [-0.25, -0.2) is 4.79 Å². The van der Waals surface area contributed by atoms with Crippen molar-refractivity contribution in [3.8, 4) is 0 Å². The molecule has 2 N–H and O–H groups in total. The van der Waals surface area contributed by atoms with Gasteiger partial charge in [0.2, 0.25) is 5.91 Å². The van der Waals surface area contributed by atoms with Crippen molar-refractivity contribution in [3.05, 3.63) is 45.1 Å². The van der Waals surface area contributed by atoms with Crippen LogP contribution in [0.25, 0.3) is 0 Å². The van der Waals surface area contributed by atoms with Crippen LogP contribution in [-0.4, -0.2) is 23.9 Å². The van der Waals surface area contributed by atoms with Crippen molar-refractivity contribution in [1.29, 1.82) is 0 Å². The summed E-state index contributed by atoms with van der Waals surface area (Å²) < 4.78 is 1.05. The van der Waals surface area contributed by atoms with E-state index in [2.05, 4.69) is 26.6 Å². The van der Waals surface area contributed by atoms with Gasteiger partial charge in [0.25, 0.3) is 0 Å². The first-order chi connectivity index (χ1) is 11.5. The molecule has 7 heteroatoms. The van der Waals surface area contributed by atoms with Gasteiger partial charge in [-0.2, -0.15) is 0 Å². The Labute approximate surface area is 153 Å². The van der Waals surface area contributed by atoms with E-state index in [-0.39, 0.29) is 17.9 Å². The molecule has 0 atom stereocenters. The largest absolute Gasteiger partial charge is 0.326 e. The quantitative estimate of drug-likeness (QED) is 0.764. The van der Waals surface area contributed by atoms with Gasteiger partial charge in [0.15, 0.2) is 0 Å². The number of urea groups is 1. The first-order valence-corrected chi connectivity index (χ1v) is 9.29. The van der Waals surface area contributed by atoms with Crippen molar-refractivity contribution in [2.24, 2.45) is 5.92 Å². The summed E-state index contributed by atoms with van der Waals surface area (Å²) in [6.45, 7) is 0.553. The molecule has 2 aromatic rings. The highest BCUT2D eigenvalue weighted by molar-refractivity contribution is 9.11. The minimum absolute atomic E-state index is 0.0774. The van der Waals surface area contributed by atoms with Crippen molar-refractivity contribution < 1.29 is 9.59 Å². The van der Waals surface area contributed by atoms with Crippen molar-refractivity contribution in [3.63, 3.8) is 0 Å². The number of nitrogens with one attached hydrogen (secondary N) is 2. The summed E-state index contributed by atoms with van der Waals surface area (Å²) in [4.78, 5) is 26.7.